The maximum absolute atomic E-state index is 11.7. The highest BCUT2D eigenvalue weighted by Crippen LogP contribution is 2.34. The first-order valence-corrected chi connectivity index (χ1v) is 5.42. The fourth-order valence-electron chi connectivity index (χ4n) is 2.27. The smallest absolute Gasteiger partial charge is 0.252 e. The van der Waals surface area contributed by atoms with Crippen molar-refractivity contribution in [2.75, 3.05) is 0 Å². The zero-order valence-corrected chi connectivity index (χ0v) is 9.56. The monoisotopic (exact) mass is 226 g/mol. The zero-order chi connectivity index (χ0) is 12.5. The van der Waals surface area contributed by atoms with E-state index < -0.39 is 23.3 Å². The van der Waals surface area contributed by atoms with Gasteiger partial charge in [-0.1, -0.05) is 13.8 Å². The molecular formula is C11H18N2O3. The summed E-state index contributed by atoms with van der Waals surface area (Å²) < 4.78 is 0. The molecule has 0 bridgehead atoms. The SMILES string of the molecule is CCC1[C@H](N)C(=O)C(C(N)=O)=C[C@@]1(O)CC. The van der Waals surface area contributed by atoms with Gasteiger partial charge in [-0.2, -0.15) is 0 Å². The Bertz CT molecular complexity index is 351. The summed E-state index contributed by atoms with van der Waals surface area (Å²) in [7, 11) is 0. The van der Waals surface area contributed by atoms with Gasteiger partial charge in [-0.25, -0.2) is 0 Å². The van der Waals surface area contributed by atoms with Crippen LogP contribution in [0.4, 0.5) is 0 Å². The molecule has 0 saturated carbocycles. The molecule has 0 aromatic heterocycles. The topological polar surface area (TPSA) is 106 Å². The predicted octanol–water partition coefficient (Wildman–Crippen LogP) is -0.525. The molecule has 5 heteroatoms. The Morgan fingerprint density at radius 1 is 1.56 bits per heavy atom. The minimum absolute atomic E-state index is 0.179. The maximum atomic E-state index is 11.7. The second-order valence-corrected chi connectivity index (χ2v) is 4.17. The van der Waals surface area contributed by atoms with E-state index in [-0.39, 0.29) is 11.5 Å². The molecule has 1 unspecified atom stereocenters. The molecular weight excluding hydrogens is 208 g/mol. The van der Waals surface area contributed by atoms with Crippen molar-refractivity contribution in [2.45, 2.75) is 38.3 Å². The van der Waals surface area contributed by atoms with Gasteiger partial charge in [0.1, 0.15) is 0 Å². The van der Waals surface area contributed by atoms with Crippen LogP contribution in [0.3, 0.4) is 0 Å². The minimum atomic E-state index is -1.22. The first-order chi connectivity index (χ1) is 7.37. The highest BCUT2D eigenvalue weighted by Gasteiger charge is 2.45. The fraction of sp³-hybridized carbons (Fsp3) is 0.636. The third kappa shape index (κ3) is 1.88. The lowest BCUT2D eigenvalue weighted by Crippen LogP contribution is -2.55. The zero-order valence-electron chi connectivity index (χ0n) is 9.56. The van der Waals surface area contributed by atoms with E-state index in [0.29, 0.717) is 12.8 Å². The van der Waals surface area contributed by atoms with Crippen LogP contribution in [-0.2, 0) is 9.59 Å². The van der Waals surface area contributed by atoms with E-state index in [4.69, 9.17) is 11.5 Å². The Morgan fingerprint density at radius 2 is 2.12 bits per heavy atom. The molecule has 3 atom stereocenters. The molecule has 16 heavy (non-hydrogen) atoms. The summed E-state index contributed by atoms with van der Waals surface area (Å²) in [6.07, 6.45) is 2.23. The molecule has 0 radical (unpaired) electrons. The van der Waals surface area contributed by atoms with E-state index in [2.05, 4.69) is 0 Å². The molecule has 5 nitrogen and oxygen atoms in total. The number of carbonyl (C=O) groups excluding carboxylic acids is 2. The van der Waals surface area contributed by atoms with Crippen LogP contribution in [0.25, 0.3) is 0 Å². The third-order valence-corrected chi connectivity index (χ3v) is 3.31. The van der Waals surface area contributed by atoms with Crippen molar-refractivity contribution < 1.29 is 14.7 Å². The lowest BCUT2D eigenvalue weighted by molar-refractivity contribution is -0.126. The van der Waals surface area contributed by atoms with Crippen LogP contribution < -0.4 is 11.5 Å². The molecule has 0 saturated heterocycles. The Morgan fingerprint density at radius 3 is 2.50 bits per heavy atom. The number of nitrogens with two attached hydrogens (primary N) is 2. The van der Waals surface area contributed by atoms with Gasteiger partial charge in [0, 0.05) is 5.92 Å². The van der Waals surface area contributed by atoms with Crippen LogP contribution in [0.5, 0.6) is 0 Å². The first kappa shape index (κ1) is 12.9. The molecule has 0 aliphatic heterocycles. The number of hydrogen-bond donors (Lipinski definition) is 3. The van der Waals surface area contributed by atoms with Crippen LogP contribution in [0.15, 0.2) is 11.6 Å². The van der Waals surface area contributed by atoms with Gasteiger partial charge in [-0.15, -0.1) is 0 Å². The van der Waals surface area contributed by atoms with E-state index >= 15 is 0 Å². The Hall–Kier alpha value is -1.20. The molecule has 1 rings (SSSR count). The van der Waals surface area contributed by atoms with E-state index in [9.17, 15) is 14.7 Å². The highest BCUT2D eigenvalue weighted by molar-refractivity contribution is 6.21. The van der Waals surface area contributed by atoms with Gasteiger partial charge in [0.2, 0.25) is 0 Å². The number of carbonyl (C=O) groups is 2. The number of hydrogen-bond acceptors (Lipinski definition) is 4. The summed E-state index contributed by atoms with van der Waals surface area (Å²) in [5.41, 5.74) is 9.45. The molecule has 0 aromatic rings. The van der Waals surface area contributed by atoms with Gasteiger partial charge < -0.3 is 16.6 Å². The molecule has 0 aromatic carbocycles. The second-order valence-electron chi connectivity index (χ2n) is 4.17. The maximum Gasteiger partial charge on any atom is 0.252 e. The Kier molecular flexibility index (Phi) is 3.50. The van der Waals surface area contributed by atoms with E-state index in [1.807, 2.05) is 6.92 Å². The van der Waals surface area contributed by atoms with E-state index in [1.165, 1.54) is 6.08 Å². The van der Waals surface area contributed by atoms with Crippen molar-refractivity contribution in [1.82, 2.24) is 0 Å². The van der Waals surface area contributed by atoms with Gasteiger partial charge in [-0.3, -0.25) is 9.59 Å². The lowest BCUT2D eigenvalue weighted by atomic mass is 9.71. The number of amides is 1. The van der Waals surface area contributed by atoms with Crippen LogP contribution in [0.1, 0.15) is 26.7 Å². The Balaban J connectivity index is 3.26. The third-order valence-electron chi connectivity index (χ3n) is 3.31. The lowest BCUT2D eigenvalue weighted by Gasteiger charge is -2.39. The summed E-state index contributed by atoms with van der Waals surface area (Å²) in [5.74, 6) is -1.67. The quantitative estimate of drug-likeness (QED) is 0.562. The average Bonchev–Trinajstić information content (AvgIpc) is 2.24. The van der Waals surface area contributed by atoms with Crippen LogP contribution in [0, 0.1) is 5.92 Å². The van der Waals surface area contributed by atoms with Gasteiger partial charge in [0.25, 0.3) is 5.91 Å². The second kappa shape index (κ2) is 4.35. The van der Waals surface area contributed by atoms with Gasteiger partial charge in [-0.05, 0) is 18.9 Å². The largest absolute Gasteiger partial charge is 0.385 e. The predicted molar refractivity (Wildman–Crippen MR) is 59.3 cm³/mol. The van der Waals surface area contributed by atoms with Crippen LogP contribution >= 0.6 is 0 Å². The number of primary amides is 1. The van der Waals surface area contributed by atoms with Gasteiger partial charge in [0.05, 0.1) is 17.2 Å². The van der Waals surface area contributed by atoms with Crippen molar-refractivity contribution in [3.8, 4) is 0 Å². The number of rotatable bonds is 3. The summed E-state index contributed by atoms with van der Waals surface area (Å²) >= 11 is 0. The molecule has 1 aliphatic carbocycles. The first-order valence-electron chi connectivity index (χ1n) is 5.42. The molecule has 90 valence electrons. The average molecular weight is 226 g/mol. The van der Waals surface area contributed by atoms with Crippen LogP contribution in [0.2, 0.25) is 0 Å². The van der Waals surface area contributed by atoms with Gasteiger partial charge >= 0.3 is 0 Å². The summed E-state index contributed by atoms with van der Waals surface area (Å²) in [6, 6.07) is -0.859. The number of ketones is 1. The Labute approximate surface area is 94.5 Å². The molecule has 0 fully saturated rings. The highest BCUT2D eigenvalue weighted by atomic mass is 16.3. The molecule has 1 aliphatic rings. The van der Waals surface area contributed by atoms with Crippen molar-refractivity contribution in [3.63, 3.8) is 0 Å². The molecule has 0 spiro atoms. The normalized spacial score (nSPS) is 34.8. The van der Waals surface area contributed by atoms with Gasteiger partial charge in [0.15, 0.2) is 5.78 Å². The van der Waals surface area contributed by atoms with E-state index in [0.717, 1.165) is 0 Å². The van der Waals surface area contributed by atoms with Crippen molar-refractivity contribution in [1.29, 1.82) is 0 Å². The minimum Gasteiger partial charge on any atom is -0.385 e. The van der Waals surface area contributed by atoms with E-state index in [1.54, 1.807) is 6.92 Å². The standard InChI is InChI=1S/C11H18N2O3/c1-3-7-8(12)9(14)6(10(13)15)5-11(7,16)4-2/h5,7-8,16H,3-4,12H2,1-2H3,(H2,13,15)/t7?,8-,11-/m0/s1. The summed E-state index contributed by atoms with van der Waals surface area (Å²) in [6.45, 7) is 3.63. The van der Waals surface area contributed by atoms with Crippen molar-refractivity contribution in [2.24, 2.45) is 17.4 Å². The van der Waals surface area contributed by atoms with Crippen LogP contribution in [-0.4, -0.2) is 28.4 Å². The van der Waals surface area contributed by atoms with Crippen molar-refractivity contribution in [3.05, 3.63) is 11.6 Å². The summed E-state index contributed by atoms with van der Waals surface area (Å²) in [5, 5.41) is 10.3. The van der Waals surface area contributed by atoms with Crippen molar-refractivity contribution >= 4 is 11.7 Å². The molecule has 0 heterocycles. The number of aliphatic hydroxyl groups is 1. The number of Topliss-reactive ketones (excluding diaryl/α,β-unsaturated/α-hetero) is 1. The fourth-order valence-corrected chi connectivity index (χ4v) is 2.27. The molecule has 5 N–H and O–H groups in total. The summed E-state index contributed by atoms with van der Waals surface area (Å²) in [4.78, 5) is 22.8. The molecule has 1 amide bonds.